The van der Waals surface area contributed by atoms with Crippen LogP contribution in [0.25, 0.3) is 0 Å². The van der Waals surface area contributed by atoms with Crippen LogP contribution in [-0.4, -0.2) is 10.2 Å². The summed E-state index contributed by atoms with van der Waals surface area (Å²) in [6.45, 7) is 0.0593. The van der Waals surface area contributed by atoms with Crippen molar-refractivity contribution in [2.75, 3.05) is 0 Å². The Bertz CT molecular complexity index is 1140. The van der Waals surface area contributed by atoms with Crippen molar-refractivity contribution in [3.05, 3.63) is 119 Å². The van der Waals surface area contributed by atoms with Crippen molar-refractivity contribution in [2.24, 2.45) is 0 Å². The predicted octanol–water partition coefficient (Wildman–Crippen LogP) is 7.51. The normalized spacial score (nSPS) is 14.8. The molecule has 1 aliphatic rings. The van der Waals surface area contributed by atoms with Gasteiger partial charge in [-0.05, 0) is 83.6 Å². The highest BCUT2D eigenvalue weighted by Crippen LogP contribution is 2.45. The van der Waals surface area contributed by atoms with E-state index < -0.39 is 0 Å². The van der Waals surface area contributed by atoms with Crippen LogP contribution < -0.4 is 9.47 Å². The third-order valence-corrected chi connectivity index (χ3v) is 7.20. The van der Waals surface area contributed by atoms with Gasteiger partial charge in [-0.2, -0.15) is 0 Å². The molecule has 4 aromatic carbocycles. The monoisotopic (exact) mass is 480 g/mol. The van der Waals surface area contributed by atoms with Crippen molar-refractivity contribution in [1.82, 2.24) is 0 Å². The van der Waals surface area contributed by atoms with Gasteiger partial charge in [0, 0.05) is 5.41 Å². The average Bonchev–Trinajstić information content (AvgIpc) is 2.95. The maximum atomic E-state index is 9.23. The van der Waals surface area contributed by atoms with E-state index in [4.69, 9.17) is 9.47 Å². The number of benzene rings is 4. The first kappa shape index (κ1) is 24.1. The molecule has 0 unspecified atom stereocenters. The summed E-state index contributed by atoms with van der Waals surface area (Å²) in [5.74, 6) is 3.12. The van der Waals surface area contributed by atoms with E-state index in [9.17, 15) is 10.2 Å². The number of hydrogen-bond donors (Lipinski definition) is 2. The molecule has 0 saturated heterocycles. The summed E-state index contributed by atoms with van der Waals surface area (Å²) >= 11 is 0. The first-order valence-electron chi connectivity index (χ1n) is 12.6. The Hall–Kier alpha value is -3.60. The lowest BCUT2D eigenvalue weighted by Crippen LogP contribution is -2.30. The van der Waals surface area contributed by atoms with Crippen LogP contribution in [0.2, 0.25) is 0 Å². The van der Waals surface area contributed by atoms with Gasteiger partial charge < -0.3 is 19.7 Å². The zero-order chi connectivity index (χ0) is 24.8. The van der Waals surface area contributed by atoms with Gasteiger partial charge in [0.05, 0.1) is 13.2 Å². The molecular weight excluding hydrogens is 448 g/mol. The lowest BCUT2D eigenvalue weighted by Gasteiger charge is -2.38. The fraction of sp³-hybridized carbons (Fsp3) is 0.250. The van der Waals surface area contributed by atoms with Gasteiger partial charge in [0.15, 0.2) is 0 Å². The summed E-state index contributed by atoms with van der Waals surface area (Å²) in [4.78, 5) is 0. The van der Waals surface area contributed by atoms with Gasteiger partial charge in [0.1, 0.15) is 23.0 Å². The minimum absolute atomic E-state index is 0.0130. The molecule has 1 fully saturated rings. The predicted molar refractivity (Wildman–Crippen MR) is 142 cm³/mol. The van der Waals surface area contributed by atoms with Crippen LogP contribution >= 0.6 is 0 Å². The minimum Gasteiger partial charge on any atom is -0.457 e. The second-order valence-electron chi connectivity index (χ2n) is 9.50. The van der Waals surface area contributed by atoms with Crippen LogP contribution in [0.3, 0.4) is 0 Å². The zero-order valence-corrected chi connectivity index (χ0v) is 20.4. The van der Waals surface area contributed by atoms with E-state index in [1.165, 1.54) is 30.4 Å². The van der Waals surface area contributed by atoms with Crippen LogP contribution in [0.15, 0.2) is 97.1 Å². The fourth-order valence-electron chi connectivity index (χ4n) is 5.18. The average molecular weight is 481 g/mol. The molecule has 4 aromatic rings. The first-order valence-corrected chi connectivity index (χ1v) is 12.6. The number of rotatable bonds is 8. The molecule has 5 rings (SSSR count). The Labute approximate surface area is 212 Å². The lowest BCUT2D eigenvalue weighted by molar-refractivity contribution is 0.281. The highest BCUT2D eigenvalue weighted by Gasteiger charge is 2.35. The molecule has 0 aromatic heterocycles. The molecule has 0 amide bonds. The molecular formula is C32H32O4. The SMILES string of the molecule is OCc1ccc(Oc2ccc(C3(c4ccc(Oc5ccc(CO)cc5)cc4)CCCCC3)cc2)cc1. The van der Waals surface area contributed by atoms with Crippen molar-refractivity contribution in [3.63, 3.8) is 0 Å². The van der Waals surface area contributed by atoms with E-state index in [1.54, 1.807) is 0 Å². The Morgan fingerprint density at radius 2 is 0.806 bits per heavy atom. The van der Waals surface area contributed by atoms with Crippen LogP contribution in [-0.2, 0) is 18.6 Å². The summed E-state index contributed by atoms with van der Waals surface area (Å²) in [5.41, 5.74) is 4.36. The van der Waals surface area contributed by atoms with Crippen molar-refractivity contribution >= 4 is 0 Å². The standard InChI is InChI=1S/C32H32O4/c33-22-24-4-12-28(13-5-24)35-30-16-8-26(9-17-30)32(20-2-1-3-21-32)27-10-18-31(19-11-27)36-29-14-6-25(23-34)7-15-29/h4-19,33-34H,1-3,20-23H2. The van der Waals surface area contributed by atoms with E-state index in [1.807, 2.05) is 48.5 Å². The van der Waals surface area contributed by atoms with Gasteiger partial charge in [-0.3, -0.25) is 0 Å². The van der Waals surface area contributed by atoms with Gasteiger partial charge in [-0.15, -0.1) is 0 Å². The molecule has 0 atom stereocenters. The van der Waals surface area contributed by atoms with Crippen molar-refractivity contribution in [2.45, 2.75) is 50.7 Å². The molecule has 0 spiro atoms. The van der Waals surface area contributed by atoms with Crippen LogP contribution in [0.1, 0.15) is 54.4 Å². The molecule has 1 saturated carbocycles. The van der Waals surface area contributed by atoms with E-state index in [0.717, 1.165) is 47.0 Å². The van der Waals surface area contributed by atoms with Crippen molar-refractivity contribution < 1.29 is 19.7 Å². The number of ether oxygens (including phenoxy) is 2. The topological polar surface area (TPSA) is 58.9 Å². The summed E-state index contributed by atoms with van der Waals surface area (Å²) in [7, 11) is 0. The van der Waals surface area contributed by atoms with Crippen LogP contribution in [0, 0.1) is 0 Å². The van der Waals surface area contributed by atoms with E-state index in [0.29, 0.717) is 0 Å². The zero-order valence-electron chi connectivity index (χ0n) is 20.4. The van der Waals surface area contributed by atoms with Gasteiger partial charge >= 0.3 is 0 Å². The van der Waals surface area contributed by atoms with Gasteiger partial charge in [0.25, 0.3) is 0 Å². The molecule has 36 heavy (non-hydrogen) atoms. The molecule has 0 aliphatic heterocycles. The van der Waals surface area contributed by atoms with Gasteiger partial charge in [-0.25, -0.2) is 0 Å². The number of aliphatic hydroxyl groups is 2. The van der Waals surface area contributed by atoms with E-state index >= 15 is 0 Å². The molecule has 4 heteroatoms. The largest absolute Gasteiger partial charge is 0.457 e. The molecule has 1 aliphatic carbocycles. The summed E-state index contributed by atoms with van der Waals surface area (Å²) in [6, 6.07) is 32.1. The second-order valence-corrected chi connectivity index (χ2v) is 9.50. The van der Waals surface area contributed by atoms with Crippen molar-refractivity contribution in [3.8, 4) is 23.0 Å². The molecule has 184 valence electrons. The van der Waals surface area contributed by atoms with Gasteiger partial charge in [-0.1, -0.05) is 67.8 Å². The maximum absolute atomic E-state index is 9.23. The summed E-state index contributed by atoms with van der Waals surface area (Å²) < 4.78 is 12.1. The lowest BCUT2D eigenvalue weighted by atomic mass is 9.65. The third-order valence-electron chi connectivity index (χ3n) is 7.20. The van der Waals surface area contributed by atoms with Crippen LogP contribution in [0.5, 0.6) is 23.0 Å². The first-order chi connectivity index (χ1) is 17.7. The van der Waals surface area contributed by atoms with Gasteiger partial charge in [0.2, 0.25) is 0 Å². The van der Waals surface area contributed by atoms with Crippen molar-refractivity contribution in [1.29, 1.82) is 0 Å². The Morgan fingerprint density at radius 3 is 1.14 bits per heavy atom. The van der Waals surface area contributed by atoms with E-state index in [2.05, 4.69) is 48.5 Å². The highest BCUT2D eigenvalue weighted by molar-refractivity contribution is 5.45. The smallest absolute Gasteiger partial charge is 0.127 e. The Balaban J connectivity index is 1.35. The molecule has 0 heterocycles. The van der Waals surface area contributed by atoms with E-state index in [-0.39, 0.29) is 18.6 Å². The fourth-order valence-corrected chi connectivity index (χ4v) is 5.18. The molecule has 0 radical (unpaired) electrons. The molecule has 2 N–H and O–H groups in total. The number of hydrogen-bond acceptors (Lipinski definition) is 4. The highest BCUT2D eigenvalue weighted by atomic mass is 16.5. The minimum atomic E-state index is -0.0130. The summed E-state index contributed by atoms with van der Waals surface area (Å²) in [5, 5.41) is 18.5. The molecule has 4 nitrogen and oxygen atoms in total. The quantitative estimate of drug-likeness (QED) is 0.274. The third kappa shape index (κ3) is 5.30. The molecule has 0 bridgehead atoms. The Kier molecular flexibility index (Phi) is 7.36. The second kappa shape index (κ2) is 11.0. The number of aliphatic hydroxyl groups excluding tert-OH is 2. The summed E-state index contributed by atoms with van der Waals surface area (Å²) in [6.07, 6.45) is 5.95. The maximum Gasteiger partial charge on any atom is 0.127 e. The van der Waals surface area contributed by atoms with Crippen LogP contribution in [0.4, 0.5) is 0 Å². The Morgan fingerprint density at radius 1 is 0.472 bits per heavy atom.